The van der Waals surface area contributed by atoms with Gasteiger partial charge in [-0.25, -0.2) is 0 Å². The molecule has 94 valence electrons. The summed E-state index contributed by atoms with van der Waals surface area (Å²) in [5.41, 5.74) is 7.37. The fourth-order valence-electron chi connectivity index (χ4n) is 1.83. The molecule has 0 aliphatic carbocycles. The van der Waals surface area contributed by atoms with Crippen LogP contribution in [0.1, 0.15) is 18.1 Å². The van der Waals surface area contributed by atoms with E-state index in [1.54, 1.807) is 13.0 Å². The van der Waals surface area contributed by atoms with Gasteiger partial charge in [0, 0.05) is 0 Å². The highest BCUT2D eigenvalue weighted by molar-refractivity contribution is 6.61. The Labute approximate surface area is 106 Å². The Morgan fingerprint density at radius 2 is 2.39 bits per heavy atom. The van der Waals surface area contributed by atoms with Gasteiger partial charge in [-0.2, -0.15) is 5.26 Å². The first kappa shape index (κ1) is 12.9. The van der Waals surface area contributed by atoms with Gasteiger partial charge in [0.2, 0.25) is 0 Å². The summed E-state index contributed by atoms with van der Waals surface area (Å²) >= 11 is 0. The van der Waals surface area contributed by atoms with Crippen LogP contribution >= 0.6 is 0 Å². The number of ether oxygens (including phenoxy) is 1. The van der Waals surface area contributed by atoms with Gasteiger partial charge in [0.25, 0.3) is 0 Å². The molecule has 18 heavy (non-hydrogen) atoms. The molecule has 0 fully saturated rings. The van der Waals surface area contributed by atoms with Gasteiger partial charge in [0.15, 0.2) is 0 Å². The third-order valence-corrected chi connectivity index (χ3v) is 2.93. The summed E-state index contributed by atoms with van der Waals surface area (Å²) in [6.07, 6.45) is 0. The van der Waals surface area contributed by atoms with Gasteiger partial charge in [-0.3, -0.25) is 0 Å². The Balaban J connectivity index is 2.19. The lowest BCUT2D eigenvalue weighted by Crippen LogP contribution is -2.40. The maximum Gasteiger partial charge on any atom is 0.491 e. The van der Waals surface area contributed by atoms with Crippen molar-refractivity contribution in [2.24, 2.45) is 5.73 Å². The number of nitriles is 1. The van der Waals surface area contributed by atoms with E-state index in [2.05, 4.69) is 0 Å². The molecule has 1 heterocycles. The van der Waals surface area contributed by atoms with Gasteiger partial charge in [0.05, 0.1) is 12.7 Å². The molecule has 0 unspecified atom stereocenters. The van der Waals surface area contributed by atoms with Gasteiger partial charge in [-0.05, 0) is 42.6 Å². The van der Waals surface area contributed by atoms with Crippen molar-refractivity contribution in [1.29, 1.82) is 5.26 Å². The van der Waals surface area contributed by atoms with E-state index in [1.807, 2.05) is 19.1 Å². The number of aryl methyl sites for hydroxylation is 1. The molecule has 1 aromatic carbocycles. The molecule has 6 heteroatoms. The van der Waals surface area contributed by atoms with Crippen LogP contribution < -0.4 is 15.9 Å². The Kier molecular flexibility index (Phi) is 3.31. The number of rotatable bonds is 3. The summed E-state index contributed by atoms with van der Waals surface area (Å²) in [5, 5.41) is 18.5. The first-order valence-electron chi connectivity index (χ1n) is 5.69. The van der Waals surface area contributed by atoms with Crippen molar-refractivity contribution in [2.45, 2.75) is 26.0 Å². The standard InChI is InChI=1S/C12H15BN2O3/c1-8-3-9(17-7-12(2,15)6-14)4-11-10(8)5-18-13(11)16/h3-4,16H,5,7,15H2,1-2H3/t12-/m0/s1. The maximum atomic E-state index is 9.65. The predicted octanol–water partition coefficient (Wildman–Crippen LogP) is -0.168. The van der Waals surface area contributed by atoms with E-state index in [9.17, 15) is 5.02 Å². The molecule has 0 spiro atoms. The molecule has 0 aromatic heterocycles. The fourth-order valence-corrected chi connectivity index (χ4v) is 1.83. The van der Waals surface area contributed by atoms with E-state index in [-0.39, 0.29) is 6.61 Å². The number of hydrogen-bond donors (Lipinski definition) is 2. The highest BCUT2D eigenvalue weighted by atomic mass is 16.5. The van der Waals surface area contributed by atoms with Crippen molar-refractivity contribution in [2.75, 3.05) is 6.61 Å². The first-order valence-corrected chi connectivity index (χ1v) is 5.69. The van der Waals surface area contributed by atoms with Crippen molar-refractivity contribution in [3.8, 4) is 11.8 Å². The van der Waals surface area contributed by atoms with Crippen LogP contribution in [0.5, 0.6) is 5.75 Å². The quantitative estimate of drug-likeness (QED) is 0.723. The minimum atomic E-state index is -1.03. The number of benzene rings is 1. The van der Waals surface area contributed by atoms with E-state index in [1.165, 1.54) is 0 Å². The first-order chi connectivity index (χ1) is 8.43. The molecule has 0 bridgehead atoms. The summed E-state index contributed by atoms with van der Waals surface area (Å²) in [5.74, 6) is 0.586. The molecule has 0 radical (unpaired) electrons. The molecule has 0 amide bonds. The van der Waals surface area contributed by atoms with Crippen molar-refractivity contribution < 1.29 is 14.4 Å². The molecule has 0 saturated heterocycles. The smallest absolute Gasteiger partial charge is 0.491 e. The van der Waals surface area contributed by atoms with Crippen LogP contribution in [0.2, 0.25) is 0 Å². The molecule has 1 atom stereocenters. The zero-order chi connectivity index (χ0) is 13.3. The zero-order valence-corrected chi connectivity index (χ0v) is 10.4. The normalized spacial score (nSPS) is 16.9. The van der Waals surface area contributed by atoms with E-state index >= 15 is 0 Å². The number of fused-ring (bicyclic) bond motifs is 1. The lowest BCUT2D eigenvalue weighted by atomic mass is 9.78. The predicted molar refractivity (Wildman–Crippen MR) is 67.3 cm³/mol. The monoisotopic (exact) mass is 246 g/mol. The summed E-state index contributed by atoms with van der Waals surface area (Å²) in [4.78, 5) is 0. The fraction of sp³-hybridized carbons (Fsp3) is 0.417. The van der Waals surface area contributed by atoms with Gasteiger partial charge in [-0.1, -0.05) is 0 Å². The molecule has 1 aliphatic heterocycles. The van der Waals surface area contributed by atoms with Crippen LogP contribution in [0.25, 0.3) is 0 Å². The highest BCUT2D eigenvalue weighted by Gasteiger charge is 2.29. The number of hydrogen-bond acceptors (Lipinski definition) is 5. The van der Waals surface area contributed by atoms with Crippen LogP contribution in [0.3, 0.4) is 0 Å². The SMILES string of the molecule is Cc1cc(OC[C@@](C)(N)C#N)cc2c1COB2O. The third-order valence-electron chi connectivity index (χ3n) is 2.93. The largest absolute Gasteiger partial charge is 0.491 e. The van der Waals surface area contributed by atoms with Crippen LogP contribution in [0.4, 0.5) is 0 Å². The second kappa shape index (κ2) is 4.61. The molecule has 3 N–H and O–H groups in total. The van der Waals surface area contributed by atoms with E-state index in [0.717, 1.165) is 16.6 Å². The van der Waals surface area contributed by atoms with Crippen LogP contribution in [0.15, 0.2) is 12.1 Å². The third kappa shape index (κ3) is 2.48. The van der Waals surface area contributed by atoms with Gasteiger partial charge in [0.1, 0.15) is 17.9 Å². The lowest BCUT2D eigenvalue weighted by Gasteiger charge is -2.17. The Bertz CT molecular complexity index is 511. The molecule has 1 aliphatic rings. The van der Waals surface area contributed by atoms with Gasteiger partial charge in [-0.15, -0.1) is 0 Å². The second-order valence-corrected chi connectivity index (χ2v) is 4.79. The number of nitrogens with two attached hydrogens (primary N) is 1. The lowest BCUT2D eigenvalue weighted by molar-refractivity contribution is 0.264. The number of nitrogens with zero attached hydrogens (tertiary/aromatic N) is 1. The Morgan fingerprint density at radius 3 is 3.06 bits per heavy atom. The van der Waals surface area contributed by atoms with E-state index in [0.29, 0.717) is 12.4 Å². The average molecular weight is 246 g/mol. The zero-order valence-electron chi connectivity index (χ0n) is 10.4. The van der Waals surface area contributed by atoms with Crippen molar-refractivity contribution >= 4 is 12.6 Å². The Morgan fingerprint density at radius 1 is 1.67 bits per heavy atom. The summed E-state index contributed by atoms with van der Waals surface area (Å²) < 4.78 is 10.7. The summed E-state index contributed by atoms with van der Waals surface area (Å²) in [7, 11) is -0.900. The highest BCUT2D eigenvalue weighted by Crippen LogP contribution is 2.21. The Hall–Kier alpha value is -1.55. The summed E-state index contributed by atoms with van der Waals surface area (Å²) in [6, 6.07) is 5.55. The molecule has 1 aromatic rings. The topological polar surface area (TPSA) is 88.5 Å². The van der Waals surface area contributed by atoms with Crippen LogP contribution in [-0.2, 0) is 11.3 Å². The van der Waals surface area contributed by atoms with E-state index < -0.39 is 12.7 Å². The van der Waals surface area contributed by atoms with Crippen molar-refractivity contribution in [1.82, 2.24) is 0 Å². The second-order valence-electron chi connectivity index (χ2n) is 4.79. The van der Waals surface area contributed by atoms with Gasteiger partial charge < -0.3 is 20.1 Å². The molecule has 0 saturated carbocycles. The maximum absolute atomic E-state index is 9.65. The van der Waals surface area contributed by atoms with Gasteiger partial charge >= 0.3 is 7.12 Å². The molecular weight excluding hydrogens is 231 g/mol. The minimum absolute atomic E-state index is 0.0959. The van der Waals surface area contributed by atoms with Crippen molar-refractivity contribution in [3.05, 3.63) is 23.3 Å². The molecule has 5 nitrogen and oxygen atoms in total. The van der Waals surface area contributed by atoms with Crippen LogP contribution in [-0.4, -0.2) is 24.3 Å². The minimum Gasteiger partial charge on any atom is -0.491 e. The van der Waals surface area contributed by atoms with E-state index in [4.69, 9.17) is 20.4 Å². The van der Waals surface area contributed by atoms with Crippen LogP contribution in [0, 0.1) is 18.3 Å². The molecule has 2 rings (SSSR count). The van der Waals surface area contributed by atoms with Crippen molar-refractivity contribution in [3.63, 3.8) is 0 Å². The molecular formula is C12H15BN2O3. The average Bonchev–Trinajstić information content (AvgIpc) is 2.70. The summed E-state index contributed by atoms with van der Waals surface area (Å²) in [6.45, 7) is 4.04.